The fraction of sp³-hybridized carbons (Fsp3) is 0.909. The standard InChI is InChI=1S/C11H23NO3/c1-9(2)7-10(15)12(5-6-13)11(3,4)8-14/h9,13-14H,5-8H2,1-4H3. The second-order valence-electron chi connectivity index (χ2n) is 4.84. The van der Waals surface area contributed by atoms with Crippen LogP contribution in [0, 0.1) is 5.92 Å². The van der Waals surface area contributed by atoms with E-state index in [4.69, 9.17) is 5.11 Å². The van der Waals surface area contributed by atoms with Crippen molar-refractivity contribution in [2.75, 3.05) is 19.8 Å². The van der Waals surface area contributed by atoms with Gasteiger partial charge in [-0.15, -0.1) is 0 Å². The van der Waals surface area contributed by atoms with Crippen molar-refractivity contribution in [1.29, 1.82) is 0 Å². The van der Waals surface area contributed by atoms with Crippen molar-refractivity contribution >= 4 is 5.91 Å². The van der Waals surface area contributed by atoms with E-state index in [2.05, 4.69) is 0 Å². The van der Waals surface area contributed by atoms with E-state index in [9.17, 15) is 9.90 Å². The lowest BCUT2D eigenvalue weighted by atomic mass is 10.0. The quantitative estimate of drug-likeness (QED) is 0.686. The molecule has 0 saturated carbocycles. The number of rotatable bonds is 6. The minimum atomic E-state index is -0.602. The zero-order valence-corrected chi connectivity index (χ0v) is 10.2. The van der Waals surface area contributed by atoms with Gasteiger partial charge in [-0.2, -0.15) is 0 Å². The Bertz CT molecular complexity index is 202. The lowest BCUT2D eigenvalue weighted by molar-refractivity contribution is -0.139. The van der Waals surface area contributed by atoms with Crippen LogP contribution in [0.1, 0.15) is 34.1 Å². The largest absolute Gasteiger partial charge is 0.395 e. The van der Waals surface area contributed by atoms with Crippen LogP contribution >= 0.6 is 0 Å². The summed E-state index contributed by atoms with van der Waals surface area (Å²) in [6.45, 7) is 7.63. The average molecular weight is 217 g/mol. The first-order chi connectivity index (χ1) is 6.85. The highest BCUT2D eigenvalue weighted by atomic mass is 16.3. The first-order valence-electron chi connectivity index (χ1n) is 5.37. The molecule has 0 unspecified atom stereocenters. The number of β-amino-alcohol motifs (C(OH)–C–C–N with tert-alkyl or cyclic N) is 1. The van der Waals surface area contributed by atoms with Crippen molar-refractivity contribution in [1.82, 2.24) is 4.90 Å². The summed E-state index contributed by atoms with van der Waals surface area (Å²) in [4.78, 5) is 13.4. The maximum absolute atomic E-state index is 11.9. The van der Waals surface area contributed by atoms with Crippen LogP contribution in [0.15, 0.2) is 0 Å². The lowest BCUT2D eigenvalue weighted by Crippen LogP contribution is -2.51. The highest BCUT2D eigenvalue weighted by Gasteiger charge is 2.29. The molecule has 4 heteroatoms. The minimum absolute atomic E-state index is 0.0156. The van der Waals surface area contributed by atoms with Gasteiger partial charge in [0.2, 0.25) is 5.91 Å². The van der Waals surface area contributed by atoms with Crippen LogP contribution < -0.4 is 0 Å². The summed E-state index contributed by atoms with van der Waals surface area (Å²) >= 11 is 0. The van der Waals surface area contributed by atoms with Gasteiger partial charge in [0, 0.05) is 13.0 Å². The van der Waals surface area contributed by atoms with E-state index in [1.807, 2.05) is 13.8 Å². The Morgan fingerprint density at radius 1 is 1.33 bits per heavy atom. The number of nitrogens with zero attached hydrogens (tertiary/aromatic N) is 1. The van der Waals surface area contributed by atoms with Gasteiger partial charge in [-0.1, -0.05) is 13.8 Å². The minimum Gasteiger partial charge on any atom is -0.395 e. The summed E-state index contributed by atoms with van der Waals surface area (Å²) in [6, 6.07) is 0. The molecule has 0 bridgehead atoms. The summed E-state index contributed by atoms with van der Waals surface area (Å²) in [6.07, 6.45) is 0.448. The molecule has 15 heavy (non-hydrogen) atoms. The molecule has 1 amide bonds. The summed E-state index contributed by atoms with van der Waals surface area (Å²) in [5.74, 6) is 0.270. The normalized spacial score (nSPS) is 11.9. The Balaban J connectivity index is 4.58. The van der Waals surface area contributed by atoms with Crippen LogP contribution in [0.3, 0.4) is 0 Å². The number of hydrogen-bond acceptors (Lipinski definition) is 3. The molecule has 0 radical (unpaired) electrons. The van der Waals surface area contributed by atoms with Crippen molar-refractivity contribution in [3.63, 3.8) is 0 Å². The molecular formula is C11H23NO3. The zero-order valence-electron chi connectivity index (χ0n) is 10.2. The van der Waals surface area contributed by atoms with E-state index in [1.54, 1.807) is 18.7 Å². The second kappa shape index (κ2) is 6.08. The molecule has 0 heterocycles. The number of aliphatic hydroxyl groups is 2. The van der Waals surface area contributed by atoms with Crippen molar-refractivity contribution in [2.24, 2.45) is 5.92 Å². The molecule has 0 fully saturated rings. The summed E-state index contributed by atoms with van der Waals surface area (Å²) in [5.41, 5.74) is -0.602. The van der Waals surface area contributed by atoms with E-state index in [-0.39, 0.29) is 31.6 Å². The van der Waals surface area contributed by atoms with E-state index in [0.29, 0.717) is 6.42 Å². The molecule has 2 N–H and O–H groups in total. The molecule has 4 nitrogen and oxygen atoms in total. The van der Waals surface area contributed by atoms with Crippen molar-refractivity contribution < 1.29 is 15.0 Å². The molecule has 0 rings (SSSR count). The number of carbonyl (C=O) groups excluding carboxylic acids is 1. The number of amides is 1. The van der Waals surface area contributed by atoms with Gasteiger partial charge >= 0.3 is 0 Å². The predicted molar refractivity (Wildman–Crippen MR) is 59.4 cm³/mol. The lowest BCUT2D eigenvalue weighted by Gasteiger charge is -2.37. The Morgan fingerprint density at radius 2 is 1.87 bits per heavy atom. The molecular weight excluding hydrogens is 194 g/mol. The first-order valence-corrected chi connectivity index (χ1v) is 5.37. The molecule has 0 aliphatic carbocycles. The van der Waals surface area contributed by atoms with E-state index in [1.165, 1.54) is 0 Å². The highest BCUT2D eigenvalue weighted by molar-refractivity contribution is 5.77. The van der Waals surface area contributed by atoms with Crippen molar-refractivity contribution in [3.8, 4) is 0 Å². The van der Waals surface area contributed by atoms with Crippen LogP contribution in [-0.2, 0) is 4.79 Å². The van der Waals surface area contributed by atoms with E-state index >= 15 is 0 Å². The molecule has 0 aromatic heterocycles. The smallest absolute Gasteiger partial charge is 0.223 e. The molecule has 0 aromatic rings. The van der Waals surface area contributed by atoms with Gasteiger partial charge in [-0.05, 0) is 19.8 Å². The van der Waals surface area contributed by atoms with E-state index < -0.39 is 5.54 Å². The molecule has 0 saturated heterocycles. The Hall–Kier alpha value is -0.610. The third kappa shape index (κ3) is 4.62. The predicted octanol–water partition coefficient (Wildman–Crippen LogP) is 0.624. The Morgan fingerprint density at radius 3 is 2.20 bits per heavy atom. The fourth-order valence-corrected chi connectivity index (χ4v) is 1.41. The molecule has 0 atom stereocenters. The summed E-state index contributed by atoms with van der Waals surface area (Å²) in [7, 11) is 0. The monoisotopic (exact) mass is 217 g/mol. The molecule has 0 aromatic carbocycles. The third-order valence-corrected chi connectivity index (χ3v) is 2.33. The second-order valence-corrected chi connectivity index (χ2v) is 4.84. The fourth-order valence-electron chi connectivity index (χ4n) is 1.41. The van der Waals surface area contributed by atoms with Crippen molar-refractivity contribution in [2.45, 2.75) is 39.7 Å². The SMILES string of the molecule is CC(C)CC(=O)N(CCO)C(C)(C)CO. The maximum Gasteiger partial charge on any atom is 0.223 e. The van der Waals surface area contributed by atoms with Gasteiger partial charge in [0.15, 0.2) is 0 Å². The van der Waals surface area contributed by atoms with Gasteiger partial charge in [0.1, 0.15) is 0 Å². The maximum atomic E-state index is 11.9. The molecule has 0 aliphatic rings. The number of carbonyl (C=O) groups is 1. The third-order valence-electron chi connectivity index (χ3n) is 2.33. The van der Waals surface area contributed by atoms with Crippen LogP contribution in [0.25, 0.3) is 0 Å². The molecule has 0 spiro atoms. The molecule has 0 aliphatic heterocycles. The van der Waals surface area contributed by atoms with Gasteiger partial charge in [0.05, 0.1) is 18.8 Å². The summed E-state index contributed by atoms with van der Waals surface area (Å²) < 4.78 is 0. The Labute approximate surface area is 91.9 Å². The van der Waals surface area contributed by atoms with Crippen molar-refractivity contribution in [3.05, 3.63) is 0 Å². The number of aliphatic hydroxyl groups excluding tert-OH is 2. The van der Waals surface area contributed by atoms with Crippen LogP contribution in [0.2, 0.25) is 0 Å². The highest BCUT2D eigenvalue weighted by Crippen LogP contribution is 2.16. The summed E-state index contributed by atoms with van der Waals surface area (Å²) in [5, 5.41) is 18.1. The van der Waals surface area contributed by atoms with E-state index in [0.717, 1.165) is 0 Å². The van der Waals surface area contributed by atoms with Gasteiger partial charge < -0.3 is 15.1 Å². The van der Waals surface area contributed by atoms with Gasteiger partial charge in [0.25, 0.3) is 0 Å². The number of hydrogen-bond donors (Lipinski definition) is 2. The average Bonchev–Trinajstić information content (AvgIpc) is 2.12. The zero-order chi connectivity index (χ0) is 12.1. The Kier molecular flexibility index (Phi) is 5.83. The van der Waals surface area contributed by atoms with Gasteiger partial charge in [-0.3, -0.25) is 4.79 Å². The topological polar surface area (TPSA) is 60.8 Å². The van der Waals surface area contributed by atoms with Crippen LogP contribution in [-0.4, -0.2) is 46.3 Å². The van der Waals surface area contributed by atoms with Crippen LogP contribution in [0.5, 0.6) is 0 Å². The molecule has 90 valence electrons. The van der Waals surface area contributed by atoms with Gasteiger partial charge in [-0.25, -0.2) is 0 Å². The first kappa shape index (κ1) is 14.4. The van der Waals surface area contributed by atoms with Crippen LogP contribution in [0.4, 0.5) is 0 Å².